The van der Waals surface area contributed by atoms with Crippen molar-refractivity contribution >= 4 is 28.6 Å². The van der Waals surface area contributed by atoms with Gasteiger partial charge in [-0.3, -0.25) is 4.79 Å². The fourth-order valence-corrected chi connectivity index (χ4v) is 3.30. The van der Waals surface area contributed by atoms with Crippen LogP contribution in [0, 0.1) is 12.7 Å². The van der Waals surface area contributed by atoms with Crippen molar-refractivity contribution in [3.8, 4) is 11.5 Å². The molecule has 6 nitrogen and oxygen atoms in total. The van der Waals surface area contributed by atoms with E-state index >= 15 is 0 Å². The quantitative estimate of drug-likeness (QED) is 0.218. The summed E-state index contributed by atoms with van der Waals surface area (Å²) in [5, 5.41) is 3.36. The number of carbonyl (C=O) groups excluding carboxylic acids is 1. The van der Waals surface area contributed by atoms with Gasteiger partial charge >= 0.3 is 5.63 Å². The normalized spacial score (nSPS) is 11.0. The Labute approximate surface area is 195 Å². The Hall–Kier alpha value is -4.39. The van der Waals surface area contributed by atoms with Crippen molar-refractivity contribution in [2.24, 2.45) is 0 Å². The molecule has 7 heteroatoms. The topological polar surface area (TPSA) is 77.8 Å². The molecule has 4 rings (SSSR count). The van der Waals surface area contributed by atoms with Gasteiger partial charge in [-0.05, 0) is 60.5 Å². The number of fused-ring (bicyclic) bond motifs is 1. The number of rotatable bonds is 8. The summed E-state index contributed by atoms with van der Waals surface area (Å²) in [6.07, 6.45) is 2.96. The molecule has 0 fully saturated rings. The lowest BCUT2D eigenvalue weighted by Gasteiger charge is -2.09. The Morgan fingerprint density at radius 2 is 1.68 bits per heavy atom. The summed E-state index contributed by atoms with van der Waals surface area (Å²) >= 11 is 0. The number of ether oxygens (including phenoxy) is 2. The van der Waals surface area contributed by atoms with Crippen LogP contribution in [0.3, 0.4) is 0 Å². The first-order valence-electron chi connectivity index (χ1n) is 10.6. The number of hydrogen-bond donors (Lipinski definition) is 1. The highest BCUT2D eigenvalue weighted by atomic mass is 19.1. The molecule has 0 unspecified atom stereocenters. The standard InChI is InChI=1S/C27H22FNO5/c1-18-16-27(31)34-25-17-21(11-12-22(18)25)33-15-14-32-20-9-6-19(7-10-20)8-13-26(30)29-24-5-3-2-4-23(24)28/h2-13,16-17H,14-15H2,1H3,(H,29,30)/b13-8+. The first-order valence-corrected chi connectivity index (χ1v) is 10.6. The molecule has 0 aliphatic heterocycles. The molecule has 0 saturated heterocycles. The second-order valence-electron chi connectivity index (χ2n) is 7.47. The van der Waals surface area contributed by atoms with Crippen LogP contribution in [-0.2, 0) is 4.79 Å². The Bertz CT molecular complexity index is 1390. The highest BCUT2D eigenvalue weighted by molar-refractivity contribution is 6.02. The van der Waals surface area contributed by atoms with E-state index in [4.69, 9.17) is 13.9 Å². The van der Waals surface area contributed by atoms with Crippen LogP contribution in [-0.4, -0.2) is 19.1 Å². The molecule has 172 valence electrons. The first-order chi connectivity index (χ1) is 16.5. The molecule has 0 aliphatic rings. The summed E-state index contributed by atoms with van der Waals surface area (Å²) in [7, 11) is 0. The fraction of sp³-hybridized carbons (Fsp3) is 0.111. The molecule has 3 aromatic carbocycles. The maximum absolute atomic E-state index is 13.6. The summed E-state index contributed by atoms with van der Waals surface area (Å²) in [6.45, 7) is 2.48. The number of halogens is 1. The van der Waals surface area contributed by atoms with Crippen molar-refractivity contribution in [1.82, 2.24) is 0 Å². The van der Waals surface area contributed by atoms with E-state index in [9.17, 15) is 14.0 Å². The molecule has 0 bridgehead atoms. The number of benzene rings is 3. The zero-order valence-electron chi connectivity index (χ0n) is 18.4. The van der Waals surface area contributed by atoms with Gasteiger partial charge in [0.15, 0.2) is 0 Å². The van der Waals surface area contributed by atoms with Crippen molar-refractivity contribution in [3.05, 3.63) is 106 Å². The van der Waals surface area contributed by atoms with Crippen LogP contribution in [0.25, 0.3) is 17.0 Å². The van der Waals surface area contributed by atoms with E-state index in [-0.39, 0.29) is 5.69 Å². The van der Waals surface area contributed by atoms with Gasteiger partial charge in [0.1, 0.15) is 36.1 Å². The van der Waals surface area contributed by atoms with Gasteiger partial charge in [0, 0.05) is 23.6 Å². The number of amides is 1. The molecule has 4 aromatic rings. The van der Waals surface area contributed by atoms with Crippen LogP contribution < -0.4 is 20.4 Å². The molecule has 1 heterocycles. The van der Waals surface area contributed by atoms with Gasteiger partial charge in [0.05, 0.1) is 5.69 Å². The van der Waals surface area contributed by atoms with Gasteiger partial charge in [0.2, 0.25) is 5.91 Å². The van der Waals surface area contributed by atoms with Crippen molar-refractivity contribution in [2.45, 2.75) is 6.92 Å². The molecule has 0 saturated carbocycles. The molecule has 34 heavy (non-hydrogen) atoms. The van der Waals surface area contributed by atoms with Crippen molar-refractivity contribution < 1.29 is 23.1 Å². The molecular weight excluding hydrogens is 437 g/mol. The largest absolute Gasteiger partial charge is 0.490 e. The van der Waals surface area contributed by atoms with E-state index in [1.165, 1.54) is 24.3 Å². The minimum Gasteiger partial charge on any atom is -0.490 e. The lowest BCUT2D eigenvalue weighted by atomic mass is 10.1. The number of hydrogen-bond acceptors (Lipinski definition) is 5. The molecule has 0 spiro atoms. The minimum atomic E-state index is -0.489. The Morgan fingerprint density at radius 1 is 0.971 bits per heavy atom. The second-order valence-corrected chi connectivity index (χ2v) is 7.47. The summed E-state index contributed by atoms with van der Waals surface area (Å²) in [4.78, 5) is 23.5. The number of anilines is 1. The lowest BCUT2D eigenvalue weighted by molar-refractivity contribution is -0.111. The van der Waals surface area contributed by atoms with Crippen LogP contribution >= 0.6 is 0 Å². The van der Waals surface area contributed by atoms with Gasteiger partial charge in [-0.25, -0.2) is 9.18 Å². The Kier molecular flexibility index (Phi) is 7.03. The summed E-state index contributed by atoms with van der Waals surface area (Å²) in [5.41, 5.74) is 1.86. The fourth-order valence-electron chi connectivity index (χ4n) is 3.30. The Balaban J connectivity index is 1.25. The van der Waals surface area contributed by atoms with Gasteiger partial charge in [-0.2, -0.15) is 0 Å². The molecule has 1 N–H and O–H groups in total. The van der Waals surface area contributed by atoms with Gasteiger partial charge in [-0.15, -0.1) is 0 Å². The van der Waals surface area contributed by atoms with Crippen LogP contribution in [0.1, 0.15) is 11.1 Å². The smallest absolute Gasteiger partial charge is 0.336 e. The van der Waals surface area contributed by atoms with E-state index in [0.717, 1.165) is 16.5 Å². The van der Waals surface area contributed by atoms with E-state index < -0.39 is 17.3 Å². The van der Waals surface area contributed by atoms with E-state index in [2.05, 4.69) is 5.32 Å². The zero-order chi connectivity index (χ0) is 23.9. The number of nitrogens with one attached hydrogen (secondary N) is 1. The maximum atomic E-state index is 13.6. The van der Waals surface area contributed by atoms with Crippen molar-refractivity contribution in [3.63, 3.8) is 0 Å². The summed E-state index contributed by atoms with van der Waals surface area (Å²) in [5.74, 6) is 0.318. The molecule has 0 radical (unpaired) electrons. The second kappa shape index (κ2) is 10.5. The molecular formula is C27H22FNO5. The third-order valence-electron chi connectivity index (χ3n) is 4.98. The Morgan fingerprint density at radius 3 is 2.44 bits per heavy atom. The van der Waals surface area contributed by atoms with Crippen LogP contribution in [0.15, 0.2) is 88.1 Å². The number of para-hydroxylation sites is 1. The van der Waals surface area contributed by atoms with E-state index in [1.807, 2.05) is 19.1 Å². The van der Waals surface area contributed by atoms with Crippen LogP contribution in [0.4, 0.5) is 10.1 Å². The number of carbonyl (C=O) groups is 1. The van der Waals surface area contributed by atoms with Gasteiger partial charge < -0.3 is 19.2 Å². The highest BCUT2D eigenvalue weighted by Gasteiger charge is 2.05. The maximum Gasteiger partial charge on any atom is 0.336 e. The average Bonchev–Trinajstić information content (AvgIpc) is 2.82. The lowest BCUT2D eigenvalue weighted by Crippen LogP contribution is -2.09. The van der Waals surface area contributed by atoms with Crippen molar-refractivity contribution in [2.75, 3.05) is 18.5 Å². The zero-order valence-corrected chi connectivity index (χ0v) is 18.4. The molecule has 0 aliphatic carbocycles. The van der Waals surface area contributed by atoms with Gasteiger partial charge in [0.25, 0.3) is 0 Å². The third kappa shape index (κ3) is 5.89. The van der Waals surface area contributed by atoms with E-state index in [0.29, 0.717) is 30.3 Å². The molecule has 1 amide bonds. The number of aryl methyl sites for hydroxylation is 1. The van der Waals surface area contributed by atoms with Crippen molar-refractivity contribution in [1.29, 1.82) is 0 Å². The van der Waals surface area contributed by atoms with Gasteiger partial charge in [-0.1, -0.05) is 24.3 Å². The predicted molar refractivity (Wildman–Crippen MR) is 129 cm³/mol. The predicted octanol–water partition coefficient (Wildman–Crippen LogP) is 5.35. The van der Waals surface area contributed by atoms with E-state index in [1.54, 1.807) is 48.5 Å². The summed E-state index contributed by atoms with van der Waals surface area (Å²) < 4.78 is 30.2. The average molecular weight is 459 g/mol. The molecule has 1 aromatic heterocycles. The van der Waals surface area contributed by atoms with Crippen LogP contribution in [0.5, 0.6) is 11.5 Å². The molecule has 0 atom stereocenters. The monoisotopic (exact) mass is 459 g/mol. The first kappa shape index (κ1) is 22.8. The summed E-state index contributed by atoms with van der Waals surface area (Å²) in [6, 6.07) is 20.0. The SMILES string of the molecule is Cc1cc(=O)oc2cc(OCCOc3ccc(/C=C/C(=O)Nc4ccccc4F)cc3)ccc12. The highest BCUT2D eigenvalue weighted by Crippen LogP contribution is 2.22. The third-order valence-corrected chi connectivity index (χ3v) is 4.98. The minimum absolute atomic E-state index is 0.131. The van der Waals surface area contributed by atoms with Crippen LogP contribution in [0.2, 0.25) is 0 Å².